The molecular formula is C16H23NO3. The van der Waals surface area contributed by atoms with E-state index in [0.717, 1.165) is 24.2 Å². The van der Waals surface area contributed by atoms with Gasteiger partial charge < -0.3 is 14.7 Å². The van der Waals surface area contributed by atoms with Crippen LogP contribution in [0.3, 0.4) is 0 Å². The summed E-state index contributed by atoms with van der Waals surface area (Å²) in [5.74, 6) is 0.933. The first-order valence-electron chi connectivity index (χ1n) is 7.36. The van der Waals surface area contributed by atoms with Crippen LogP contribution in [-0.2, 0) is 11.2 Å². The number of carbonyl (C=O) groups is 1. The summed E-state index contributed by atoms with van der Waals surface area (Å²) in [4.78, 5) is 14.2. The lowest BCUT2D eigenvalue weighted by Crippen LogP contribution is -2.46. The number of benzene rings is 1. The summed E-state index contributed by atoms with van der Waals surface area (Å²) < 4.78 is 5.39. The van der Waals surface area contributed by atoms with E-state index in [1.165, 1.54) is 6.42 Å². The summed E-state index contributed by atoms with van der Waals surface area (Å²) in [6.07, 6.45) is 3.70. The molecule has 1 aliphatic carbocycles. The number of rotatable bonds is 7. The first-order valence-corrected chi connectivity index (χ1v) is 7.36. The predicted molar refractivity (Wildman–Crippen MR) is 77.8 cm³/mol. The first-order chi connectivity index (χ1) is 9.74. The molecule has 1 aliphatic rings. The minimum Gasteiger partial charge on any atom is -0.494 e. The van der Waals surface area contributed by atoms with Crippen molar-refractivity contribution in [3.05, 3.63) is 29.8 Å². The summed E-state index contributed by atoms with van der Waals surface area (Å²) in [5.41, 5.74) is 0.987. The van der Waals surface area contributed by atoms with Crippen LogP contribution in [0.25, 0.3) is 0 Å². The van der Waals surface area contributed by atoms with Crippen LogP contribution >= 0.6 is 0 Å². The van der Waals surface area contributed by atoms with Gasteiger partial charge in [0.15, 0.2) is 0 Å². The van der Waals surface area contributed by atoms with Gasteiger partial charge in [-0.2, -0.15) is 0 Å². The highest BCUT2D eigenvalue weighted by molar-refractivity contribution is 5.79. The van der Waals surface area contributed by atoms with Crippen molar-refractivity contribution in [2.45, 2.75) is 38.6 Å². The van der Waals surface area contributed by atoms with Crippen LogP contribution < -0.4 is 4.74 Å². The van der Waals surface area contributed by atoms with Crippen LogP contribution in [0.1, 0.15) is 31.7 Å². The Labute approximate surface area is 120 Å². The van der Waals surface area contributed by atoms with Gasteiger partial charge in [-0.05, 0) is 43.9 Å². The molecule has 1 amide bonds. The number of aliphatic hydroxyl groups is 1. The van der Waals surface area contributed by atoms with Crippen molar-refractivity contribution in [3.8, 4) is 5.75 Å². The van der Waals surface area contributed by atoms with Gasteiger partial charge in [-0.25, -0.2) is 0 Å². The smallest absolute Gasteiger partial charge is 0.227 e. The molecule has 20 heavy (non-hydrogen) atoms. The molecule has 0 aromatic heterocycles. The van der Waals surface area contributed by atoms with Crippen LogP contribution in [0, 0.1) is 0 Å². The second-order valence-corrected chi connectivity index (χ2v) is 5.15. The molecule has 110 valence electrons. The van der Waals surface area contributed by atoms with Crippen molar-refractivity contribution in [2.24, 2.45) is 0 Å². The highest BCUT2D eigenvalue weighted by atomic mass is 16.5. The van der Waals surface area contributed by atoms with E-state index in [4.69, 9.17) is 9.84 Å². The Kier molecular flexibility index (Phi) is 5.41. The van der Waals surface area contributed by atoms with E-state index < -0.39 is 0 Å². The number of hydrogen-bond donors (Lipinski definition) is 1. The molecule has 0 aliphatic heterocycles. The molecule has 0 spiro atoms. The van der Waals surface area contributed by atoms with Crippen LogP contribution in [0.15, 0.2) is 24.3 Å². The highest BCUT2D eigenvalue weighted by Gasteiger charge is 2.28. The van der Waals surface area contributed by atoms with Crippen molar-refractivity contribution >= 4 is 5.91 Å². The fourth-order valence-electron chi connectivity index (χ4n) is 2.46. The van der Waals surface area contributed by atoms with Crippen LogP contribution in [-0.4, -0.2) is 41.7 Å². The molecule has 0 radical (unpaired) electrons. The van der Waals surface area contributed by atoms with E-state index in [1.807, 2.05) is 36.1 Å². The molecule has 0 heterocycles. The molecule has 0 atom stereocenters. The molecule has 1 aromatic rings. The van der Waals surface area contributed by atoms with E-state index >= 15 is 0 Å². The van der Waals surface area contributed by atoms with Crippen LogP contribution in [0.4, 0.5) is 0 Å². The van der Waals surface area contributed by atoms with Gasteiger partial charge >= 0.3 is 0 Å². The number of hydrogen-bond acceptors (Lipinski definition) is 3. The molecule has 2 rings (SSSR count). The van der Waals surface area contributed by atoms with Gasteiger partial charge in [0, 0.05) is 12.6 Å². The summed E-state index contributed by atoms with van der Waals surface area (Å²) in [6.45, 7) is 3.07. The van der Waals surface area contributed by atoms with E-state index in [0.29, 0.717) is 25.6 Å². The Balaban J connectivity index is 1.94. The molecule has 0 saturated heterocycles. The average molecular weight is 277 g/mol. The summed E-state index contributed by atoms with van der Waals surface area (Å²) in [5, 5.41) is 9.11. The molecule has 1 aromatic carbocycles. The zero-order valence-corrected chi connectivity index (χ0v) is 12.0. The maximum atomic E-state index is 12.3. The molecule has 4 heteroatoms. The van der Waals surface area contributed by atoms with Gasteiger partial charge in [0.1, 0.15) is 5.75 Å². The Hall–Kier alpha value is -1.55. The van der Waals surface area contributed by atoms with E-state index in [9.17, 15) is 4.79 Å². The lowest BCUT2D eigenvalue weighted by molar-refractivity contribution is -0.135. The maximum Gasteiger partial charge on any atom is 0.227 e. The first kappa shape index (κ1) is 14.9. The maximum absolute atomic E-state index is 12.3. The highest BCUT2D eigenvalue weighted by Crippen LogP contribution is 2.25. The van der Waals surface area contributed by atoms with Gasteiger partial charge in [0.25, 0.3) is 0 Å². The Bertz CT molecular complexity index is 426. The number of ether oxygens (including phenoxy) is 1. The van der Waals surface area contributed by atoms with Gasteiger partial charge in [0.05, 0.1) is 19.6 Å². The standard InChI is InChI=1S/C16H23NO3/c1-2-20-15-8-6-13(7-9-15)12-16(19)17(10-11-18)14-4-3-5-14/h6-9,14,18H,2-5,10-12H2,1H3. The predicted octanol–water partition coefficient (Wildman–Crippen LogP) is 2.00. The Morgan fingerprint density at radius 3 is 2.55 bits per heavy atom. The summed E-state index contributed by atoms with van der Waals surface area (Å²) in [7, 11) is 0. The van der Waals surface area contributed by atoms with Crippen LogP contribution in [0.5, 0.6) is 5.75 Å². The average Bonchev–Trinajstić information content (AvgIpc) is 2.39. The molecule has 4 nitrogen and oxygen atoms in total. The fourth-order valence-corrected chi connectivity index (χ4v) is 2.46. The largest absolute Gasteiger partial charge is 0.494 e. The zero-order chi connectivity index (χ0) is 14.4. The zero-order valence-electron chi connectivity index (χ0n) is 12.0. The molecule has 1 fully saturated rings. The van der Waals surface area contributed by atoms with Crippen molar-refractivity contribution in [3.63, 3.8) is 0 Å². The van der Waals surface area contributed by atoms with Gasteiger partial charge in [-0.3, -0.25) is 4.79 Å². The SMILES string of the molecule is CCOc1ccc(CC(=O)N(CCO)C2CCC2)cc1. The van der Waals surface area contributed by atoms with Gasteiger partial charge in [-0.15, -0.1) is 0 Å². The minimum atomic E-state index is 0.0333. The third-order valence-corrected chi connectivity index (χ3v) is 3.77. The van der Waals surface area contributed by atoms with E-state index in [2.05, 4.69) is 0 Å². The van der Waals surface area contributed by atoms with Crippen molar-refractivity contribution < 1.29 is 14.6 Å². The summed E-state index contributed by atoms with van der Waals surface area (Å²) in [6, 6.07) is 7.98. The number of aliphatic hydroxyl groups excluding tert-OH is 1. The normalized spacial score (nSPS) is 14.7. The minimum absolute atomic E-state index is 0.0333. The van der Waals surface area contributed by atoms with E-state index in [-0.39, 0.29) is 12.5 Å². The van der Waals surface area contributed by atoms with Gasteiger partial charge in [-0.1, -0.05) is 12.1 Å². The Morgan fingerprint density at radius 2 is 2.05 bits per heavy atom. The second-order valence-electron chi connectivity index (χ2n) is 5.15. The second kappa shape index (κ2) is 7.29. The fraction of sp³-hybridized carbons (Fsp3) is 0.562. The van der Waals surface area contributed by atoms with Gasteiger partial charge in [0.2, 0.25) is 5.91 Å². The van der Waals surface area contributed by atoms with E-state index in [1.54, 1.807) is 0 Å². The third-order valence-electron chi connectivity index (χ3n) is 3.77. The lowest BCUT2D eigenvalue weighted by Gasteiger charge is -2.37. The number of carbonyl (C=O) groups excluding carboxylic acids is 1. The molecule has 1 N–H and O–H groups in total. The molecule has 0 unspecified atom stereocenters. The monoisotopic (exact) mass is 277 g/mol. The third kappa shape index (κ3) is 3.73. The molecular weight excluding hydrogens is 254 g/mol. The van der Waals surface area contributed by atoms with Crippen molar-refractivity contribution in [1.82, 2.24) is 4.90 Å². The molecule has 0 bridgehead atoms. The topological polar surface area (TPSA) is 49.8 Å². The quantitative estimate of drug-likeness (QED) is 0.829. The molecule has 1 saturated carbocycles. The number of nitrogens with zero attached hydrogens (tertiary/aromatic N) is 1. The van der Waals surface area contributed by atoms with Crippen molar-refractivity contribution in [2.75, 3.05) is 19.8 Å². The summed E-state index contributed by atoms with van der Waals surface area (Å²) >= 11 is 0. The lowest BCUT2D eigenvalue weighted by atomic mass is 9.91. The van der Waals surface area contributed by atoms with Crippen LogP contribution in [0.2, 0.25) is 0 Å². The Morgan fingerprint density at radius 1 is 1.35 bits per heavy atom. The number of amides is 1. The van der Waals surface area contributed by atoms with Crippen molar-refractivity contribution in [1.29, 1.82) is 0 Å².